The Labute approximate surface area is 101 Å². The van der Waals surface area contributed by atoms with Gasteiger partial charge in [0.15, 0.2) is 6.61 Å². The number of para-hydroxylation sites is 1. The second-order valence-corrected chi connectivity index (χ2v) is 3.56. The lowest BCUT2D eigenvalue weighted by Crippen LogP contribution is -2.19. The van der Waals surface area contributed by atoms with Crippen molar-refractivity contribution < 1.29 is 17.9 Å². The zero-order valence-electron chi connectivity index (χ0n) is 9.19. The van der Waals surface area contributed by atoms with Crippen molar-refractivity contribution in [1.29, 1.82) is 0 Å². The third-order valence-corrected chi connectivity index (χ3v) is 2.10. The number of aromatic nitrogens is 2. The summed E-state index contributed by atoms with van der Waals surface area (Å²) in [5.74, 6) is 0.0482. The van der Waals surface area contributed by atoms with Gasteiger partial charge in [-0.05, 0) is 12.1 Å². The van der Waals surface area contributed by atoms with E-state index in [9.17, 15) is 13.2 Å². The van der Waals surface area contributed by atoms with Crippen molar-refractivity contribution in [3.05, 3.63) is 36.4 Å². The average molecular weight is 257 g/mol. The van der Waals surface area contributed by atoms with Crippen molar-refractivity contribution in [3.8, 4) is 11.6 Å². The molecule has 2 rings (SSSR count). The molecular weight excluding hydrogens is 247 g/mol. The Morgan fingerprint density at radius 1 is 1.22 bits per heavy atom. The number of rotatable bonds is 3. The van der Waals surface area contributed by atoms with E-state index in [0.717, 1.165) is 0 Å². The number of anilines is 1. The number of nitrogen functional groups attached to an aromatic ring is 1. The maximum absolute atomic E-state index is 12.0. The number of hydrogen-bond acceptors (Lipinski definition) is 3. The molecule has 0 unspecified atom stereocenters. The summed E-state index contributed by atoms with van der Waals surface area (Å²) in [6, 6.07) is 10.1. The van der Waals surface area contributed by atoms with Gasteiger partial charge >= 0.3 is 6.18 Å². The summed E-state index contributed by atoms with van der Waals surface area (Å²) in [6.45, 7) is -1.39. The van der Waals surface area contributed by atoms with Crippen LogP contribution in [-0.4, -0.2) is 22.6 Å². The lowest BCUT2D eigenvalue weighted by Gasteiger charge is -2.06. The Balaban J connectivity index is 2.18. The molecule has 0 saturated heterocycles. The number of ether oxygens (including phenoxy) is 1. The lowest BCUT2D eigenvalue weighted by molar-refractivity contribution is -0.154. The zero-order chi connectivity index (χ0) is 13.2. The molecule has 0 atom stereocenters. The first-order valence-electron chi connectivity index (χ1n) is 5.06. The summed E-state index contributed by atoms with van der Waals surface area (Å²) in [7, 11) is 0. The normalized spacial score (nSPS) is 11.5. The van der Waals surface area contributed by atoms with Crippen LogP contribution in [0.1, 0.15) is 0 Å². The molecule has 0 aliphatic rings. The standard InChI is InChI=1S/C11H10F3N3O/c12-11(13,14)7-18-10-6-9(15)17(16-10)8-4-2-1-3-5-8/h1-6H,7,15H2. The van der Waals surface area contributed by atoms with Crippen molar-refractivity contribution in [1.82, 2.24) is 9.78 Å². The SMILES string of the molecule is Nc1cc(OCC(F)(F)F)nn1-c1ccccc1. The van der Waals surface area contributed by atoms with E-state index in [1.54, 1.807) is 24.3 Å². The quantitative estimate of drug-likeness (QED) is 0.918. The van der Waals surface area contributed by atoms with Crippen molar-refractivity contribution in [3.63, 3.8) is 0 Å². The smallest absolute Gasteiger partial charge is 0.422 e. The fourth-order valence-corrected chi connectivity index (χ4v) is 1.38. The summed E-state index contributed by atoms with van der Waals surface area (Å²) in [5.41, 5.74) is 6.30. The minimum Gasteiger partial charge on any atom is -0.467 e. The van der Waals surface area contributed by atoms with Crippen molar-refractivity contribution in [2.24, 2.45) is 0 Å². The van der Waals surface area contributed by atoms with E-state index in [1.165, 1.54) is 10.7 Å². The molecular formula is C11H10F3N3O. The number of alkyl halides is 3. The summed E-state index contributed by atoms with van der Waals surface area (Å²) in [4.78, 5) is 0. The first kappa shape index (κ1) is 12.3. The van der Waals surface area contributed by atoms with Crippen LogP contribution in [0.2, 0.25) is 0 Å². The van der Waals surface area contributed by atoms with Crippen LogP contribution in [0.3, 0.4) is 0 Å². The summed E-state index contributed by atoms with van der Waals surface area (Å²) in [5, 5.41) is 3.85. The molecule has 0 amide bonds. The van der Waals surface area contributed by atoms with Gasteiger partial charge in [-0.2, -0.15) is 13.2 Å². The molecule has 2 N–H and O–H groups in total. The fourth-order valence-electron chi connectivity index (χ4n) is 1.38. The Bertz CT molecular complexity index is 522. The van der Waals surface area contributed by atoms with Crippen LogP contribution in [0, 0.1) is 0 Å². The van der Waals surface area contributed by atoms with E-state index in [4.69, 9.17) is 5.73 Å². The number of benzene rings is 1. The number of nitrogens with zero attached hydrogens (tertiary/aromatic N) is 2. The summed E-state index contributed by atoms with van der Waals surface area (Å²) >= 11 is 0. The molecule has 0 spiro atoms. The number of nitrogens with two attached hydrogens (primary N) is 1. The van der Waals surface area contributed by atoms with Crippen molar-refractivity contribution in [2.75, 3.05) is 12.3 Å². The van der Waals surface area contributed by atoms with Gasteiger partial charge in [0.1, 0.15) is 5.82 Å². The monoisotopic (exact) mass is 257 g/mol. The zero-order valence-corrected chi connectivity index (χ0v) is 9.19. The average Bonchev–Trinajstić information content (AvgIpc) is 2.68. The van der Waals surface area contributed by atoms with E-state index < -0.39 is 12.8 Å². The second-order valence-electron chi connectivity index (χ2n) is 3.56. The molecule has 1 heterocycles. The highest BCUT2D eigenvalue weighted by Gasteiger charge is 2.29. The van der Waals surface area contributed by atoms with Gasteiger partial charge in [0.2, 0.25) is 5.88 Å². The maximum Gasteiger partial charge on any atom is 0.422 e. The van der Waals surface area contributed by atoms with Crippen LogP contribution in [0.15, 0.2) is 36.4 Å². The van der Waals surface area contributed by atoms with Crippen LogP contribution in [0.25, 0.3) is 5.69 Å². The van der Waals surface area contributed by atoms with Gasteiger partial charge in [-0.25, -0.2) is 4.68 Å². The molecule has 0 fully saturated rings. The molecule has 4 nitrogen and oxygen atoms in total. The number of hydrogen-bond donors (Lipinski definition) is 1. The Morgan fingerprint density at radius 2 is 1.89 bits per heavy atom. The first-order chi connectivity index (χ1) is 8.46. The third-order valence-electron chi connectivity index (χ3n) is 2.10. The molecule has 18 heavy (non-hydrogen) atoms. The predicted molar refractivity (Wildman–Crippen MR) is 59.5 cm³/mol. The van der Waals surface area contributed by atoms with Crippen LogP contribution >= 0.6 is 0 Å². The van der Waals surface area contributed by atoms with E-state index in [1.807, 2.05) is 6.07 Å². The van der Waals surface area contributed by atoms with Crippen LogP contribution in [0.5, 0.6) is 5.88 Å². The van der Waals surface area contributed by atoms with Crippen molar-refractivity contribution in [2.45, 2.75) is 6.18 Å². The highest BCUT2D eigenvalue weighted by Crippen LogP contribution is 2.21. The highest BCUT2D eigenvalue weighted by molar-refractivity contribution is 5.44. The van der Waals surface area contributed by atoms with E-state index >= 15 is 0 Å². The highest BCUT2D eigenvalue weighted by atomic mass is 19.4. The first-order valence-corrected chi connectivity index (χ1v) is 5.06. The van der Waals surface area contributed by atoms with Gasteiger partial charge in [-0.15, -0.1) is 5.10 Å². The molecule has 0 saturated carbocycles. The van der Waals surface area contributed by atoms with Crippen molar-refractivity contribution >= 4 is 5.82 Å². The molecule has 96 valence electrons. The topological polar surface area (TPSA) is 53.1 Å². The van der Waals surface area contributed by atoms with E-state index in [0.29, 0.717) is 5.69 Å². The minimum atomic E-state index is -4.40. The lowest BCUT2D eigenvalue weighted by atomic mass is 10.3. The van der Waals surface area contributed by atoms with Crippen LogP contribution < -0.4 is 10.5 Å². The fraction of sp³-hybridized carbons (Fsp3) is 0.182. The minimum absolute atomic E-state index is 0.159. The molecule has 0 radical (unpaired) electrons. The molecule has 1 aromatic carbocycles. The van der Waals surface area contributed by atoms with Gasteiger partial charge < -0.3 is 10.5 Å². The Morgan fingerprint density at radius 3 is 2.50 bits per heavy atom. The Hall–Kier alpha value is -2.18. The molecule has 0 bridgehead atoms. The largest absolute Gasteiger partial charge is 0.467 e. The van der Waals surface area contributed by atoms with Crippen LogP contribution in [0.4, 0.5) is 19.0 Å². The predicted octanol–water partition coefficient (Wildman–Crippen LogP) is 2.40. The van der Waals surface area contributed by atoms with E-state index in [2.05, 4.69) is 9.84 Å². The molecule has 0 aliphatic heterocycles. The van der Waals surface area contributed by atoms with Gasteiger partial charge in [0.05, 0.1) is 5.69 Å². The van der Waals surface area contributed by atoms with Crippen LogP contribution in [-0.2, 0) is 0 Å². The van der Waals surface area contributed by atoms with Gasteiger partial charge in [0, 0.05) is 6.07 Å². The van der Waals surface area contributed by atoms with Gasteiger partial charge in [-0.3, -0.25) is 0 Å². The Kier molecular flexibility index (Phi) is 3.14. The summed E-state index contributed by atoms with van der Waals surface area (Å²) in [6.07, 6.45) is -4.40. The second kappa shape index (κ2) is 4.59. The van der Waals surface area contributed by atoms with Gasteiger partial charge in [0.25, 0.3) is 0 Å². The van der Waals surface area contributed by atoms with Gasteiger partial charge in [-0.1, -0.05) is 18.2 Å². The maximum atomic E-state index is 12.0. The number of halogens is 3. The molecule has 0 aliphatic carbocycles. The molecule has 7 heteroatoms. The molecule has 2 aromatic rings. The summed E-state index contributed by atoms with van der Waals surface area (Å²) < 4.78 is 41.8. The van der Waals surface area contributed by atoms with E-state index in [-0.39, 0.29) is 11.7 Å². The molecule has 1 aromatic heterocycles. The third kappa shape index (κ3) is 2.93.